The average Bonchev–Trinajstić information content (AvgIpc) is 3.61. The van der Waals surface area contributed by atoms with E-state index in [1.807, 2.05) is 0 Å². The van der Waals surface area contributed by atoms with Gasteiger partial charge >= 0.3 is 26.8 Å². The second-order valence-corrected chi connectivity index (χ2v) is 12.3. The Morgan fingerprint density at radius 1 is 0.477 bits per heavy atom. The van der Waals surface area contributed by atoms with E-state index < -0.39 is 0 Å². The topological polar surface area (TPSA) is 0 Å². The van der Waals surface area contributed by atoms with Crippen molar-refractivity contribution in [2.45, 2.75) is 52.4 Å². The molecule has 0 N–H and O–H groups in total. The van der Waals surface area contributed by atoms with E-state index >= 15 is 0 Å². The molecule has 0 nitrogen and oxygen atoms in total. The molecule has 0 heterocycles. The summed E-state index contributed by atoms with van der Waals surface area (Å²) in [6.45, 7) is 13.6. The zero-order valence-corrected chi connectivity index (χ0v) is 31.6. The summed E-state index contributed by atoms with van der Waals surface area (Å²) >= 11 is 1.81. The van der Waals surface area contributed by atoms with Crippen molar-refractivity contribution in [2.24, 2.45) is 0 Å². The second kappa shape index (κ2) is 17.9. The molecule has 0 amide bonds. The van der Waals surface area contributed by atoms with E-state index in [1.165, 1.54) is 54.9 Å². The number of rotatable bonds is 2. The fraction of sp³-hybridized carbons (Fsp3) is 0.200. The van der Waals surface area contributed by atoms with Crippen molar-refractivity contribution in [3.8, 4) is 22.3 Å². The molecule has 0 saturated heterocycles. The number of halogens is 2. The van der Waals surface area contributed by atoms with Crippen molar-refractivity contribution in [3.05, 3.63) is 147 Å². The van der Waals surface area contributed by atoms with Gasteiger partial charge in [0, 0.05) is 0 Å². The fourth-order valence-electron chi connectivity index (χ4n) is 5.07. The normalized spacial score (nSPS) is 10.4. The van der Waals surface area contributed by atoms with Crippen LogP contribution in [-0.4, -0.2) is 7.63 Å². The standard InChI is InChI=1S/2C19H19.2CH3.2ClH.Si.Ti/c2*1-19(2,3)16-12-15-10-7-11-17(18(15)13-16)14-8-5-4-6-9-14;;;;;;/h2*4-13H,1-3H3;2*1H3;2*1H;;/q4*-1;;;;. The zero-order valence-electron chi connectivity index (χ0n) is 27.4. The minimum atomic E-state index is 0. The maximum absolute atomic E-state index is 2.97. The van der Waals surface area contributed by atoms with Crippen LogP contribution in [0.5, 0.6) is 0 Å². The summed E-state index contributed by atoms with van der Waals surface area (Å²) in [5, 5.41) is 5.40. The van der Waals surface area contributed by atoms with Crippen LogP contribution in [0, 0.1) is 14.9 Å². The molecule has 0 aromatic heterocycles. The summed E-state index contributed by atoms with van der Waals surface area (Å²) in [6.07, 6.45) is 0. The van der Waals surface area contributed by atoms with E-state index in [1.54, 1.807) is 19.2 Å². The Kier molecular flexibility index (Phi) is 17.0. The second-order valence-electron chi connectivity index (χ2n) is 12.3. The van der Waals surface area contributed by atoms with Crippen LogP contribution in [0.1, 0.15) is 52.7 Å². The summed E-state index contributed by atoms with van der Waals surface area (Å²) < 4.78 is 0. The van der Waals surface area contributed by atoms with Gasteiger partial charge in [0.05, 0.1) is 0 Å². The van der Waals surface area contributed by atoms with Gasteiger partial charge in [0.15, 0.2) is 0 Å². The van der Waals surface area contributed by atoms with Crippen molar-refractivity contribution >= 4 is 54.0 Å². The first-order chi connectivity index (χ1) is 19.1. The first kappa shape index (κ1) is 41.6. The van der Waals surface area contributed by atoms with E-state index in [9.17, 15) is 0 Å². The Bertz CT molecular complexity index is 1560. The van der Waals surface area contributed by atoms with Gasteiger partial charge in [0.1, 0.15) is 0 Å². The van der Waals surface area contributed by atoms with Crippen LogP contribution in [-0.2, 0) is 30.0 Å². The van der Waals surface area contributed by atoms with E-state index in [2.05, 4.69) is 171 Å². The Morgan fingerprint density at radius 3 is 1.09 bits per heavy atom. The molecule has 6 aromatic rings. The van der Waals surface area contributed by atoms with Crippen molar-refractivity contribution in [1.82, 2.24) is 0 Å². The van der Waals surface area contributed by atoms with E-state index in [-0.39, 0.29) is 50.5 Å². The molecule has 0 spiro atoms. The average molecular weight is 674 g/mol. The van der Waals surface area contributed by atoms with Crippen LogP contribution >= 0.6 is 24.8 Å². The fourth-order valence-corrected chi connectivity index (χ4v) is 5.07. The molecule has 0 aliphatic carbocycles. The Balaban J connectivity index is 0.000000733. The van der Waals surface area contributed by atoms with Gasteiger partial charge in [-0.1, -0.05) is 125 Å². The quantitative estimate of drug-likeness (QED) is 0.127. The number of hydrogen-bond acceptors (Lipinski definition) is 0. The summed E-state index contributed by atoms with van der Waals surface area (Å²) in [7, 11) is 2.97. The molecule has 0 bridgehead atoms. The van der Waals surface area contributed by atoms with Crippen molar-refractivity contribution < 1.29 is 19.2 Å². The van der Waals surface area contributed by atoms with Gasteiger partial charge in [-0.2, -0.15) is 12.1 Å². The third-order valence-electron chi connectivity index (χ3n) is 7.40. The van der Waals surface area contributed by atoms with Crippen LogP contribution in [0.15, 0.2) is 121 Å². The van der Waals surface area contributed by atoms with Gasteiger partial charge in [-0.3, -0.25) is 0 Å². The summed E-state index contributed by atoms with van der Waals surface area (Å²) in [5.41, 5.74) is 8.46. The maximum atomic E-state index is 2.97. The van der Waals surface area contributed by atoms with Crippen LogP contribution in [0.2, 0.25) is 0 Å². The van der Waals surface area contributed by atoms with Crippen molar-refractivity contribution in [2.75, 3.05) is 0 Å². The van der Waals surface area contributed by atoms with Gasteiger partial charge in [-0.25, -0.2) is 0 Å². The predicted octanol–water partition coefficient (Wildman–Crippen LogP) is 12.4. The van der Waals surface area contributed by atoms with Gasteiger partial charge in [-0.05, 0) is 22.0 Å². The molecule has 44 heavy (non-hydrogen) atoms. The first-order valence-electron chi connectivity index (χ1n) is 13.9. The molecule has 0 aliphatic heterocycles. The Hall–Kier alpha value is -2.39. The van der Waals surface area contributed by atoms with E-state index in [0.717, 1.165) is 0 Å². The van der Waals surface area contributed by atoms with Gasteiger partial charge in [0.25, 0.3) is 0 Å². The molecule has 232 valence electrons. The molecule has 0 aliphatic rings. The van der Waals surface area contributed by atoms with Crippen LogP contribution in [0.3, 0.4) is 0 Å². The predicted molar refractivity (Wildman–Crippen MR) is 200 cm³/mol. The number of hydrogen-bond donors (Lipinski definition) is 0. The van der Waals surface area contributed by atoms with Crippen molar-refractivity contribution in [1.29, 1.82) is 0 Å². The molecule has 0 saturated carbocycles. The van der Waals surface area contributed by atoms with Gasteiger partial charge in [-0.15, -0.1) is 93.9 Å². The third kappa shape index (κ3) is 9.80. The number of fused-ring (bicyclic) bond motifs is 2. The molecule has 0 atom stereocenters. The molecule has 0 fully saturated rings. The molecule has 6 rings (SSSR count). The molecular formula is C40H46Cl2SiTi-4. The zero-order chi connectivity index (χ0) is 28.9. The van der Waals surface area contributed by atoms with Gasteiger partial charge < -0.3 is 14.9 Å². The van der Waals surface area contributed by atoms with Crippen molar-refractivity contribution in [3.63, 3.8) is 0 Å². The van der Waals surface area contributed by atoms with E-state index in [4.69, 9.17) is 0 Å². The Labute approximate surface area is 293 Å². The summed E-state index contributed by atoms with van der Waals surface area (Å²) in [6, 6.07) is 43.7. The molecule has 6 aromatic carbocycles. The number of benzene rings is 4. The molecular weight excluding hydrogens is 627 g/mol. The molecule has 2 radical (unpaired) electrons. The monoisotopic (exact) mass is 672 g/mol. The first-order valence-corrected chi connectivity index (χ1v) is 16.7. The molecule has 4 heteroatoms. The summed E-state index contributed by atoms with van der Waals surface area (Å²) in [4.78, 5) is 0. The third-order valence-corrected chi connectivity index (χ3v) is 7.40. The van der Waals surface area contributed by atoms with Crippen LogP contribution in [0.4, 0.5) is 0 Å². The molecule has 0 unspecified atom stereocenters. The SMILES string of the molecule is CC(C)(C)c1cc2c(-c3ccccc3)cccc2[cH-]1.CC(C)(C)c1cc2c(-c3ccccc3)cccc2[cH-]1.Cl.Cl.[CH3-].[CH3-].[Si]=[Ti]. The Morgan fingerprint density at radius 2 is 0.795 bits per heavy atom. The van der Waals surface area contributed by atoms with E-state index in [0.29, 0.717) is 0 Å². The minimum absolute atomic E-state index is 0. The van der Waals surface area contributed by atoms with Crippen LogP contribution in [0.25, 0.3) is 43.8 Å². The van der Waals surface area contributed by atoms with Gasteiger partial charge in [0.2, 0.25) is 0 Å². The van der Waals surface area contributed by atoms with Crippen LogP contribution < -0.4 is 0 Å². The summed E-state index contributed by atoms with van der Waals surface area (Å²) in [5.74, 6) is 0.